The van der Waals surface area contributed by atoms with E-state index in [1.54, 1.807) is 12.1 Å². The molecule has 1 aromatic heterocycles. The van der Waals surface area contributed by atoms with E-state index >= 15 is 0 Å². The molecule has 4 aliphatic carbocycles. The number of ether oxygens (including phenoxy) is 1. The smallest absolute Gasteiger partial charge is 0.375 e. The van der Waals surface area contributed by atoms with Gasteiger partial charge in [-0.25, -0.2) is 4.79 Å². The van der Waals surface area contributed by atoms with Gasteiger partial charge in [-0.2, -0.15) is 0 Å². The Morgan fingerprint density at radius 2 is 1.91 bits per heavy atom. The zero-order valence-corrected chi connectivity index (χ0v) is 19.0. The number of carbonyl (C=O) groups excluding carboxylic acids is 3. The molecule has 3 fully saturated rings. The van der Waals surface area contributed by atoms with Crippen LogP contribution in [0.5, 0.6) is 0 Å². The number of Topliss-reactive ketones (excluding diaryl/α,β-unsaturated/α-hetero) is 1. The number of hydrogen-bond acceptors (Lipinski definition) is 7. The van der Waals surface area contributed by atoms with E-state index in [1.807, 2.05) is 13.8 Å². The summed E-state index contributed by atoms with van der Waals surface area (Å²) in [6.07, 6.45) is 8.33. The van der Waals surface area contributed by atoms with E-state index in [-0.39, 0.29) is 35.1 Å². The fraction of sp³-hybridized carbons (Fsp3) is 0.577. The highest BCUT2D eigenvalue weighted by Crippen LogP contribution is 2.68. The fourth-order valence-corrected chi connectivity index (χ4v) is 7.71. The second-order valence-electron chi connectivity index (χ2n) is 10.5. The van der Waals surface area contributed by atoms with Crippen LogP contribution in [0.1, 0.15) is 62.9 Å². The molecule has 0 saturated heterocycles. The summed E-state index contributed by atoms with van der Waals surface area (Å²) in [5, 5.41) is 19.8. The van der Waals surface area contributed by atoms with E-state index in [4.69, 9.17) is 9.15 Å². The minimum Gasteiger partial charge on any atom is -0.508 e. The lowest BCUT2D eigenvalue weighted by atomic mass is 9.46. The Labute approximate surface area is 192 Å². The van der Waals surface area contributed by atoms with Gasteiger partial charge in [-0.15, -0.1) is 0 Å². The Morgan fingerprint density at radius 3 is 2.61 bits per heavy atom. The number of fused-ring (bicyclic) bond motifs is 5. The predicted molar refractivity (Wildman–Crippen MR) is 117 cm³/mol. The molecule has 3 saturated carbocycles. The molecule has 0 unspecified atom stereocenters. The maximum Gasteiger partial charge on any atom is 0.375 e. The zero-order chi connectivity index (χ0) is 23.6. The van der Waals surface area contributed by atoms with Gasteiger partial charge in [0.2, 0.25) is 11.5 Å². The Hall–Kier alpha value is -2.67. The molecule has 7 nitrogen and oxygen atoms in total. The van der Waals surface area contributed by atoms with Crippen LogP contribution < -0.4 is 0 Å². The van der Waals surface area contributed by atoms with Gasteiger partial charge in [0.1, 0.15) is 12.4 Å². The van der Waals surface area contributed by atoms with Crippen LogP contribution in [-0.4, -0.2) is 40.0 Å². The van der Waals surface area contributed by atoms with E-state index in [0.717, 1.165) is 12.0 Å². The molecule has 6 atom stereocenters. The van der Waals surface area contributed by atoms with E-state index in [1.165, 1.54) is 18.4 Å². The van der Waals surface area contributed by atoms with Crippen LogP contribution in [0.25, 0.3) is 0 Å². The lowest BCUT2D eigenvalue weighted by molar-refractivity contribution is -0.167. The van der Waals surface area contributed by atoms with Gasteiger partial charge in [0, 0.05) is 11.5 Å². The molecule has 0 bridgehead atoms. The van der Waals surface area contributed by atoms with Crippen molar-refractivity contribution in [2.75, 3.05) is 6.61 Å². The van der Waals surface area contributed by atoms with E-state index < -0.39 is 34.8 Å². The molecule has 0 spiro atoms. The third-order valence-corrected chi connectivity index (χ3v) is 9.41. The number of rotatable bonds is 4. The molecule has 0 radical (unpaired) electrons. The molecule has 1 aromatic rings. The molecule has 2 N–H and O–H groups in total. The van der Waals surface area contributed by atoms with Gasteiger partial charge in [0.15, 0.2) is 11.4 Å². The summed E-state index contributed by atoms with van der Waals surface area (Å²) >= 11 is 0. The highest BCUT2D eigenvalue weighted by atomic mass is 16.6. The molecule has 5 rings (SSSR count). The first-order valence-electron chi connectivity index (χ1n) is 11.7. The summed E-state index contributed by atoms with van der Waals surface area (Å²) in [6.45, 7) is 3.29. The van der Waals surface area contributed by atoms with Gasteiger partial charge >= 0.3 is 5.97 Å². The van der Waals surface area contributed by atoms with Gasteiger partial charge in [0.25, 0.3) is 0 Å². The van der Waals surface area contributed by atoms with Crippen molar-refractivity contribution in [3.05, 3.63) is 47.6 Å². The molecule has 4 aliphatic rings. The molecular weight excluding hydrogens is 424 g/mol. The third-order valence-electron chi connectivity index (χ3n) is 9.41. The lowest BCUT2D eigenvalue weighted by Crippen LogP contribution is -2.60. The van der Waals surface area contributed by atoms with Crippen LogP contribution in [-0.2, 0) is 14.3 Å². The van der Waals surface area contributed by atoms with Crippen molar-refractivity contribution in [2.24, 2.45) is 28.6 Å². The average molecular weight is 455 g/mol. The summed E-state index contributed by atoms with van der Waals surface area (Å²) in [7, 11) is 0. The topological polar surface area (TPSA) is 114 Å². The Balaban J connectivity index is 1.51. The minimum atomic E-state index is -1.42. The van der Waals surface area contributed by atoms with Gasteiger partial charge in [-0.1, -0.05) is 12.5 Å². The standard InChI is InChI=1S/C26H30O7/c1-24-9-7-19-17(6-5-15-12-16(28)13-21(29)25(15,19)2)18(24)8-10-26(24,22(30)14-27)33-23(31)20-4-3-11-32-20/h3-4,11-13,17-19,27-28H,5-10,14H2,1-2H3/t17-,18-,19-,24-,25-,26-/m0/s1. The predicted octanol–water partition coefficient (Wildman–Crippen LogP) is 3.93. The Bertz CT molecular complexity index is 1070. The monoisotopic (exact) mass is 454 g/mol. The number of aliphatic hydroxyl groups is 2. The quantitative estimate of drug-likeness (QED) is 0.663. The number of hydrogen-bond donors (Lipinski definition) is 2. The van der Waals surface area contributed by atoms with Gasteiger partial charge in [-0.05, 0) is 81.4 Å². The average Bonchev–Trinajstić information content (AvgIpc) is 3.42. The van der Waals surface area contributed by atoms with Crippen molar-refractivity contribution < 1.29 is 33.8 Å². The minimum absolute atomic E-state index is 0.0184. The van der Waals surface area contributed by atoms with Crippen molar-refractivity contribution in [3.63, 3.8) is 0 Å². The number of carbonyl (C=O) groups is 3. The normalized spacial score (nSPS) is 39.6. The summed E-state index contributed by atoms with van der Waals surface area (Å²) in [6, 6.07) is 3.08. The first-order chi connectivity index (χ1) is 15.7. The number of ketones is 2. The first kappa shape index (κ1) is 22.1. The van der Waals surface area contributed by atoms with Crippen molar-refractivity contribution in [2.45, 2.75) is 58.0 Å². The molecule has 0 aromatic carbocycles. The summed E-state index contributed by atoms with van der Waals surface area (Å²) in [4.78, 5) is 39.2. The van der Waals surface area contributed by atoms with Crippen LogP contribution in [0.15, 0.2) is 46.3 Å². The second kappa shape index (κ2) is 7.42. The lowest BCUT2D eigenvalue weighted by Gasteiger charge is -2.58. The van der Waals surface area contributed by atoms with Crippen LogP contribution >= 0.6 is 0 Å². The van der Waals surface area contributed by atoms with E-state index in [0.29, 0.717) is 32.1 Å². The second-order valence-corrected chi connectivity index (χ2v) is 10.5. The molecule has 33 heavy (non-hydrogen) atoms. The highest BCUT2D eigenvalue weighted by molar-refractivity contribution is 5.99. The van der Waals surface area contributed by atoms with E-state index in [2.05, 4.69) is 0 Å². The summed E-state index contributed by atoms with van der Waals surface area (Å²) in [5.41, 5.74) is -1.75. The third kappa shape index (κ3) is 2.87. The first-order valence-corrected chi connectivity index (χ1v) is 11.7. The maximum atomic E-state index is 13.2. The molecule has 0 amide bonds. The molecular formula is C26H30O7. The Kier molecular flexibility index (Phi) is 4.98. The largest absolute Gasteiger partial charge is 0.508 e. The van der Waals surface area contributed by atoms with Crippen LogP contribution in [0, 0.1) is 28.6 Å². The van der Waals surface area contributed by atoms with Crippen LogP contribution in [0.4, 0.5) is 0 Å². The Morgan fingerprint density at radius 1 is 1.15 bits per heavy atom. The van der Waals surface area contributed by atoms with Crippen molar-refractivity contribution in [1.29, 1.82) is 0 Å². The molecule has 1 heterocycles. The number of allylic oxidation sites excluding steroid dienone is 3. The SMILES string of the molecule is C[C@]12C(=O)C=C(O)C=C1CC[C@@H]1[C@@H]2CC[C@@]2(C)[C@H]1CC[C@]2(OC(=O)c1ccco1)C(=O)CO. The van der Waals surface area contributed by atoms with Crippen LogP contribution in [0.3, 0.4) is 0 Å². The van der Waals surface area contributed by atoms with E-state index in [9.17, 15) is 24.6 Å². The highest BCUT2D eigenvalue weighted by Gasteiger charge is 2.69. The van der Waals surface area contributed by atoms with Crippen molar-refractivity contribution >= 4 is 17.5 Å². The van der Waals surface area contributed by atoms with Crippen molar-refractivity contribution in [1.82, 2.24) is 0 Å². The fourth-order valence-electron chi connectivity index (χ4n) is 7.71. The van der Waals surface area contributed by atoms with Crippen molar-refractivity contribution in [3.8, 4) is 0 Å². The van der Waals surface area contributed by atoms with Gasteiger partial charge in [-0.3, -0.25) is 9.59 Å². The number of furan rings is 1. The maximum absolute atomic E-state index is 13.2. The summed E-state index contributed by atoms with van der Waals surface area (Å²) in [5.74, 6) is -0.847. The molecule has 7 heteroatoms. The molecule has 176 valence electrons. The molecule has 0 aliphatic heterocycles. The van der Waals surface area contributed by atoms with Gasteiger partial charge < -0.3 is 19.4 Å². The van der Waals surface area contributed by atoms with Crippen LogP contribution in [0.2, 0.25) is 0 Å². The number of aliphatic hydroxyl groups excluding tert-OH is 2. The summed E-state index contributed by atoms with van der Waals surface area (Å²) < 4.78 is 11.1. The van der Waals surface area contributed by atoms with Gasteiger partial charge in [0.05, 0.1) is 11.7 Å². The number of esters is 1. The zero-order valence-electron chi connectivity index (χ0n) is 19.0.